The summed E-state index contributed by atoms with van der Waals surface area (Å²) in [5.74, 6) is 0.235. The molecule has 0 spiro atoms. The van der Waals surface area contributed by atoms with E-state index < -0.39 is 0 Å². The molecule has 1 saturated carbocycles. The number of nitrogens with one attached hydrogen (secondary N) is 1. The van der Waals surface area contributed by atoms with Gasteiger partial charge < -0.3 is 5.32 Å². The van der Waals surface area contributed by atoms with E-state index in [2.05, 4.69) is 17.4 Å². The van der Waals surface area contributed by atoms with Crippen LogP contribution >= 0.6 is 11.8 Å². The van der Waals surface area contributed by atoms with Crippen LogP contribution in [-0.2, 0) is 11.2 Å². The number of thioether (sulfide) groups is 1. The third kappa shape index (κ3) is 5.37. The van der Waals surface area contributed by atoms with Gasteiger partial charge in [-0.2, -0.15) is 0 Å². The highest BCUT2D eigenvalue weighted by Crippen LogP contribution is 2.32. The topological polar surface area (TPSA) is 64.0 Å². The zero-order chi connectivity index (χ0) is 21.6. The van der Waals surface area contributed by atoms with Gasteiger partial charge in [0.25, 0.3) is 5.56 Å². The Hall–Kier alpha value is -2.60. The van der Waals surface area contributed by atoms with Crippen molar-refractivity contribution in [3.05, 3.63) is 70.5 Å². The lowest BCUT2D eigenvalue weighted by atomic mass is 10.1. The van der Waals surface area contributed by atoms with Gasteiger partial charge in [-0.05, 0) is 50.3 Å². The second-order valence-corrected chi connectivity index (χ2v) is 9.25. The summed E-state index contributed by atoms with van der Waals surface area (Å²) < 4.78 is 1.84. The van der Waals surface area contributed by atoms with Gasteiger partial charge in [-0.15, -0.1) is 0 Å². The Morgan fingerprint density at radius 3 is 2.61 bits per heavy atom. The molecule has 162 valence electrons. The van der Waals surface area contributed by atoms with Crippen molar-refractivity contribution in [3.63, 3.8) is 0 Å². The molecule has 4 rings (SSSR count). The molecule has 0 aliphatic heterocycles. The van der Waals surface area contributed by atoms with Gasteiger partial charge in [-0.1, -0.05) is 67.1 Å². The highest BCUT2D eigenvalue weighted by molar-refractivity contribution is 7.99. The van der Waals surface area contributed by atoms with Crippen molar-refractivity contribution < 1.29 is 4.79 Å². The van der Waals surface area contributed by atoms with Crippen LogP contribution in [0.15, 0.2) is 64.5 Å². The Morgan fingerprint density at radius 2 is 1.84 bits per heavy atom. The molecule has 5 nitrogen and oxygen atoms in total. The number of aromatic nitrogens is 2. The molecule has 1 atom stereocenters. The lowest BCUT2D eigenvalue weighted by molar-refractivity contribution is -0.119. The molecule has 3 aromatic rings. The van der Waals surface area contributed by atoms with Gasteiger partial charge >= 0.3 is 0 Å². The van der Waals surface area contributed by atoms with Crippen LogP contribution in [0.1, 0.15) is 50.6 Å². The molecule has 1 aliphatic rings. The molecule has 0 saturated heterocycles. The monoisotopic (exact) mass is 435 g/mol. The Balaban J connectivity index is 1.42. The first-order valence-electron chi connectivity index (χ1n) is 11.1. The van der Waals surface area contributed by atoms with Crippen LogP contribution in [-0.4, -0.2) is 27.3 Å². The largest absolute Gasteiger partial charge is 0.353 e. The van der Waals surface area contributed by atoms with Crippen LogP contribution in [0.5, 0.6) is 0 Å². The van der Waals surface area contributed by atoms with E-state index in [1.54, 1.807) is 0 Å². The van der Waals surface area contributed by atoms with Gasteiger partial charge in [0, 0.05) is 12.1 Å². The van der Waals surface area contributed by atoms with Gasteiger partial charge in [-0.25, -0.2) is 4.98 Å². The summed E-state index contributed by atoms with van der Waals surface area (Å²) in [7, 11) is 0. The molecule has 1 fully saturated rings. The summed E-state index contributed by atoms with van der Waals surface area (Å²) in [5.41, 5.74) is 1.98. The highest BCUT2D eigenvalue weighted by Gasteiger charge is 2.23. The summed E-state index contributed by atoms with van der Waals surface area (Å²) in [6.07, 6.45) is 6.08. The van der Waals surface area contributed by atoms with E-state index in [-0.39, 0.29) is 29.3 Å². The molecule has 6 heteroatoms. The van der Waals surface area contributed by atoms with Crippen molar-refractivity contribution >= 4 is 28.6 Å². The third-order valence-corrected chi connectivity index (χ3v) is 6.87. The minimum atomic E-state index is -0.0223. The molecule has 0 radical (unpaired) electrons. The maximum absolute atomic E-state index is 13.2. The van der Waals surface area contributed by atoms with Crippen molar-refractivity contribution in [3.8, 4) is 0 Å². The molecule has 1 N–H and O–H groups in total. The van der Waals surface area contributed by atoms with E-state index >= 15 is 0 Å². The number of rotatable bonds is 8. The number of hydrogen-bond donors (Lipinski definition) is 1. The first-order chi connectivity index (χ1) is 15.1. The van der Waals surface area contributed by atoms with Crippen LogP contribution < -0.4 is 10.9 Å². The summed E-state index contributed by atoms with van der Waals surface area (Å²) in [6.45, 7) is 2.04. The van der Waals surface area contributed by atoms with E-state index in [4.69, 9.17) is 4.98 Å². The molecule has 1 amide bonds. The van der Waals surface area contributed by atoms with Gasteiger partial charge in [0.05, 0.1) is 16.7 Å². The number of carbonyl (C=O) groups is 1. The number of fused-ring (bicyclic) bond motifs is 1. The predicted molar refractivity (Wildman–Crippen MR) is 127 cm³/mol. The van der Waals surface area contributed by atoms with Gasteiger partial charge in [0.15, 0.2) is 5.16 Å². The van der Waals surface area contributed by atoms with Crippen LogP contribution in [0.3, 0.4) is 0 Å². The fourth-order valence-electron chi connectivity index (χ4n) is 4.26. The number of nitrogens with zero attached hydrogens (tertiary/aromatic N) is 2. The number of amides is 1. The molecule has 1 heterocycles. The zero-order valence-electron chi connectivity index (χ0n) is 17.9. The zero-order valence-corrected chi connectivity index (χ0v) is 18.7. The van der Waals surface area contributed by atoms with Gasteiger partial charge in [0.2, 0.25) is 5.91 Å². The van der Waals surface area contributed by atoms with E-state index in [1.165, 1.54) is 17.3 Å². The van der Waals surface area contributed by atoms with E-state index in [0.717, 1.165) is 38.5 Å². The number of hydrogen-bond acceptors (Lipinski definition) is 4. The fraction of sp³-hybridized carbons (Fsp3) is 0.400. The van der Waals surface area contributed by atoms with Crippen molar-refractivity contribution in [1.82, 2.24) is 14.9 Å². The highest BCUT2D eigenvalue weighted by atomic mass is 32.2. The van der Waals surface area contributed by atoms with E-state index in [1.807, 2.05) is 54.0 Å². The smallest absolute Gasteiger partial charge is 0.262 e. The third-order valence-electron chi connectivity index (χ3n) is 5.91. The Labute approximate surface area is 187 Å². The Bertz CT molecular complexity index is 1090. The summed E-state index contributed by atoms with van der Waals surface area (Å²) in [5, 5.41) is 4.39. The van der Waals surface area contributed by atoms with Crippen molar-refractivity contribution in [2.45, 2.75) is 62.7 Å². The number of aryl methyl sites for hydroxylation is 1. The Morgan fingerprint density at radius 1 is 1.13 bits per heavy atom. The quantitative estimate of drug-likeness (QED) is 0.410. The van der Waals surface area contributed by atoms with Crippen LogP contribution in [0, 0.1) is 0 Å². The first kappa shape index (κ1) is 21.6. The summed E-state index contributed by atoms with van der Waals surface area (Å²) in [4.78, 5) is 30.5. The number of benzene rings is 2. The molecule has 0 bridgehead atoms. The molecular weight excluding hydrogens is 406 g/mol. The van der Waals surface area contributed by atoms with Crippen molar-refractivity contribution in [2.24, 2.45) is 0 Å². The normalized spacial score (nSPS) is 15.3. The fourth-order valence-corrected chi connectivity index (χ4v) is 5.14. The summed E-state index contributed by atoms with van der Waals surface area (Å²) in [6, 6.07) is 18.1. The molecule has 1 aliphatic carbocycles. The summed E-state index contributed by atoms with van der Waals surface area (Å²) >= 11 is 1.37. The molecular formula is C25H29N3O2S. The second-order valence-electron chi connectivity index (χ2n) is 8.31. The molecule has 2 aromatic carbocycles. The molecule has 1 unspecified atom stereocenters. The van der Waals surface area contributed by atoms with Crippen molar-refractivity contribution in [2.75, 3.05) is 5.75 Å². The standard InChI is InChI=1S/C25H29N3O2S/c1-18(15-16-19-9-3-2-4-10-19)26-23(29)17-31-25-27-22-14-8-7-13-21(22)24(30)28(25)20-11-5-6-12-20/h2-4,7-10,13-14,18,20H,5-6,11-12,15-17H2,1H3,(H,26,29). The SMILES string of the molecule is CC(CCc1ccccc1)NC(=O)CSc1nc2ccccc2c(=O)n1C1CCCC1. The minimum Gasteiger partial charge on any atom is -0.353 e. The molecule has 31 heavy (non-hydrogen) atoms. The Kier molecular flexibility index (Phi) is 7.07. The van der Waals surface area contributed by atoms with Crippen LogP contribution in [0.4, 0.5) is 0 Å². The minimum absolute atomic E-state index is 0.0108. The lowest BCUT2D eigenvalue weighted by Crippen LogP contribution is -2.34. The lowest BCUT2D eigenvalue weighted by Gasteiger charge is -2.19. The second kappa shape index (κ2) is 10.1. The first-order valence-corrected chi connectivity index (χ1v) is 12.1. The molecule has 1 aromatic heterocycles. The van der Waals surface area contributed by atoms with Crippen LogP contribution in [0.25, 0.3) is 10.9 Å². The predicted octanol–water partition coefficient (Wildman–Crippen LogP) is 4.74. The van der Waals surface area contributed by atoms with Gasteiger partial charge in [-0.3, -0.25) is 14.2 Å². The average molecular weight is 436 g/mol. The number of para-hydroxylation sites is 1. The van der Waals surface area contributed by atoms with E-state index in [0.29, 0.717) is 16.1 Å². The maximum atomic E-state index is 13.2. The number of carbonyl (C=O) groups excluding carboxylic acids is 1. The maximum Gasteiger partial charge on any atom is 0.262 e. The van der Waals surface area contributed by atoms with Crippen molar-refractivity contribution in [1.29, 1.82) is 0 Å². The average Bonchev–Trinajstić information content (AvgIpc) is 3.31. The van der Waals surface area contributed by atoms with Crippen LogP contribution in [0.2, 0.25) is 0 Å². The van der Waals surface area contributed by atoms with Gasteiger partial charge in [0.1, 0.15) is 0 Å². The van der Waals surface area contributed by atoms with E-state index in [9.17, 15) is 9.59 Å².